The third-order valence-electron chi connectivity index (χ3n) is 7.34. The van der Waals surface area contributed by atoms with Crippen LogP contribution in [0.4, 0.5) is 0 Å². The lowest BCUT2D eigenvalue weighted by Crippen LogP contribution is -2.58. The highest BCUT2D eigenvalue weighted by atomic mass is 16.3. The number of Topliss-reactive ketones (excluding diaryl/α,β-unsaturated/α-hetero) is 2. The monoisotopic (exact) mass is 485 g/mol. The molecule has 0 radical (unpaired) electrons. The van der Waals surface area contributed by atoms with Gasteiger partial charge < -0.3 is 26.2 Å². The van der Waals surface area contributed by atoms with Gasteiger partial charge in [-0.1, -0.05) is 29.5 Å². The van der Waals surface area contributed by atoms with Gasteiger partial charge in [-0.05, 0) is 55.5 Å². The Kier molecular flexibility index (Phi) is 5.27. The maximum Gasteiger partial charge on any atom is 0.255 e. The number of fused-ring (bicyclic) bond motifs is 3. The number of primary amides is 1. The Morgan fingerprint density at radius 1 is 1.03 bits per heavy atom. The average molecular weight is 485 g/mol. The largest absolute Gasteiger partial charge is 0.508 e. The molecule has 0 spiro atoms. The fourth-order valence-electron chi connectivity index (χ4n) is 5.52. The van der Waals surface area contributed by atoms with Crippen LogP contribution in [0.15, 0.2) is 53.3 Å². The smallest absolute Gasteiger partial charge is 0.255 e. The summed E-state index contributed by atoms with van der Waals surface area (Å²) in [6, 6.07) is 10.6. The van der Waals surface area contributed by atoms with E-state index in [4.69, 9.17) is 5.73 Å². The minimum absolute atomic E-state index is 0.0258. The molecule has 2 aromatic carbocycles. The Morgan fingerprint density at radius 3 is 2.39 bits per heavy atom. The molecule has 0 saturated heterocycles. The number of carbonyl (C=O) groups excluding carboxylic acids is 3. The third kappa shape index (κ3) is 3.32. The second-order valence-corrected chi connectivity index (χ2v) is 9.51. The molecular weight excluding hydrogens is 462 g/mol. The fraction of sp³-hybridized carbons (Fsp3) is 0.250. The van der Waals surface area contributed by atoms with E-state index in [1.165, 1.54) is 6.07 Å². The Bertz CT molecular complexity index is 1490. The molecule has 182 valence electrons. The SMILES string of the molecule is Cc1ccc(C#Cc2ccc(O)c3c2CC2CC4CC(=O)C(C(N)=O)=C(O)C4(O)C(=O)C2=C3O)cc1. The molecule has 0 heterocycles. The summed E-state index contributed by atoms with van der Waals surface area (Å²) in [6.45, 7) is 1.97. The van der Waals surface area contributed by atoms with Crippen molar-refractivity contribution in [1.82, 2.24) is 0 Å². The Labute approximate surface area is 206 Å². The van der Waals surface area contributed by atoms with Crippen LogP contribution in [0, 0.1) is 30.6 Å². The summed E-state index contributed by atoms with van der Waals surface area (Å²) >= 11 is 0. The van der Waals surface area contributed by atoms with Gasteiger partial charge in [-0.15, -0.1) is 0 Å². The highest BCUT2D eigenvalue weighted by molar-refractivity contribution is 6.22. The van der Waals surface area contributed by atoms with Crippen molar-refractivity contribution in [3.05, 3.63) is 81.1 Å². The van der Waals surface area contributed by atoms with E-state index in [2.05, 4.69) is 11.8 Å². The number of aliphatic hydroxyl groups is 3. The zero-order valence-corrected chi connectivity index (χ0v) is 19.3. The van der Waals surface area contributed by atoms with E-state index >= 15 is 0 Å². The lowest BCUT2D eigenvalue weighted by molar-refractivity contribution is -0.147. The second kappa shape index (κ2) is 8.11. The molecule has 5 rings (SSSR count). The third-order valence-corrected chi connectivity index (χ3v) is 7.34. The van der Waals surface area contributed by atoms with Gasteiger partial charge >= 0.3 is 0 Å². The number of aliphatic hydroxyl groups excluding tert-OH is 2. The summed E-state index contributed by atoms with van der Waals surface area (Å²) in [5.41, 5.74) is 4.64. The number of phenolic OH excluding ortho intramolecular Hbond substituents is 1. The zero-order chi connectivity index (χ0) is 25.9. The van der Waals surface area contributed by atoms with E-state index in [0.717, 1.165) is 11.1 Å². The summed E-state index contributed by atoms with van der Waals surface area (Å²) in [5.74, 6) is -0.382. The molecule has 8 heteroatoms. The molecule has 8 nitrogen and oxygen atoms in total. The lowest BCUT2D eigenvalue weighted by Gasteiger charge is -2.46. The molecule has 3 aliphatic rings. The minimum atomic E-state index is -2.58. The maximum atomic E-state index is 13.5. The minimum Gasteiger partial charge on any atom is -0.508 e. The number of hydrogen-bond donors (Lipinski definition) is 5. The molecule has 1 saturated carbocycles. The van der Waals surface area contributed by atoms with Crippen molar-refractivity contribution in [1.29, 1.82) is 0 Å². The first kappa shape index (κ1) is 23.4. The first-order chi connectivity index (χ1) is 17.0. The summed E-state index contributed by atoms with van der Waals surface area (Å²) in [6.07, 6.45) is -0.0772. The number of aromatic hydroxyl groups is 1. The van der Waals surface area contributed by atoms with E-state index in [1.54, 1.807) is 6.07 Å². The molecule has 0 aromatic heterocycles. The van der Waals surface area contributed by atoms with E-state index < -0.39 is 52.0 Å². The van der Waals surface area contributed by atoms with Crippen molar-refractivity contribution in [2.75, 3.05) is 0 Å². The van der Waals surface area contributed by atoms with Crippen molar-refractivity contribution in [2.45, 2.75) is 31.8 Å². The van der Waals surface area contributed by atoms with Crippen molar-refractivity contribution in [3.63, 3.8) is 0 Å². The summed E-state index contributed by atoms with van der Waals surface area (Å²) in [4.78, 5) is 37.7. The molecule has 3 atom stereocenters. The van der Waals surface area contributed by atoms with Crippen molar-refractivity contribution < 1.29 is 34.8 Å². The van der Waals surface area contributed by atoms with Gasteiger partial charge in [0.15, 0.2) is 11.4 Å². The molecule has 2 aromatic rings. The quantitative estimate of drug-likeness (QED) is 0.306. The standard InChI is InChI=1S/C28H23NO7/c1-13-2-4-14(5-3-13)6-7-15-8-9-19(30)22-18(15)11-16-10-17-12-20(31)23(27(29)35)26(34)28(17,36)25(33)21(16)24(22)32/h2-5,8-9,16-17,30,32,34,36H,10-12H2,1H3,(H2,29,35). The maximum absolute atomic E-state index is 13.5. The Morgan fingerprint density at radius 2 is 1.72 bits per heavy atom. The number of ketones is 2. The van der Waals surface area contributed by atoms with Crippen LogP contribution in [0.3, 0.4) is 0 Å². The van der Waals surface area contributed by atoms with Gasteiger partial charge in [-0.3, -0.25) is 14.4 Å². The van der Waals surface area contributed by atoms with Gasteiger partial charge in [0.05, 0.1) is 5.56 Å². The van der Waals surface area contributed by atoms with E-state index in [0.29, 0.717) is 11.1 Å². The summed E-state index contributed by atoms with van der Waals surface area (Å²) in [5, 5.41) is 43.6. The van der Waals surface area contributed by atoms with Crippen LogP contribution in [0.5, 0.6) is 5.75 Å². The average Bonchev–Trinajstić information content (AvgIpc) is 2.81. The van der Waals surface area contributed by atoms with Crippen molar-refractivity contribution >= 4 is 23.2 Å². The lowest BCUT2D eigenvalue weighted by atomic mass is 9.59. The first-order valence-corrected chi connectivity index (χ1v) is 11.4. The molecule has 6 N–H and O–H groups in total. The molecule has 3 unspecified atom stereocenters. The second-order valence-electron chi connectivity index (χ2n) is 9.51. The predicted molar refractivity (Wildman–Crippen MR) is 129 cm³/mol. The number of rotatable bonds is 1. The summed E-state index contributed by atoms with van der Waals surface area (Å²) < 4.78 is 0. The van der Waals surface area contributed by atoms with E-state index in [1.807, 2.05) is 31.2 Å². The highest BCUT2D eigenvalue weighted by Crippen LogP contribution is 2.52. The van der Waals surface area contributed by atoms with Gasteiger partial charge in [-0.25, -0.2) is 0 Å². The fourth-order valence-corrected chi connectivity index (χ4v) is 5.52. The number of phenols is 1. The number of carbonyl (C=O) groups is 3. The number of aryl methyl sites for hydroxylation is 1. The normalized spacial score (nSPS) is 24.9. The van der Waals surface area contributed by atoms with Crippen LogP contribution in [0.1, 0.15) is 40.7 Å². The topological polar surface area (TPSA) is 158 Å². The van der Waals surface area contributed by atoms with Crippen LogP contribution in [-0.4, -0.2) is 43.5 Å². The van der Waals surface area contributed by atoms with Crippen LogP contribution < -0.4 is 5.73 Å². The van der Waals surface area contributed by atoms with Crippen LogP contribution in [-0.2, 0) is 20.8 Å². The molecule has 1 fully saturated rings. The number of hydrogen-bond acceptors (Lipinski definition) is 7. The van der Waals surface area contributed by atoms with Gasteiger partial charge in [0.2, 0.25) is 5.78 Å². The van der Waals surface area contributed by atoms with E-state index in [9.17, 15) is 34.8 Å². The first-order valence-electron chi connectivity index (χ1n) is 11.4. The van der Waals surface area contributed by atoms with Crippen molar-refractivity contribution in [2.24, 2.45) is 17.6 Å². The molecule has 3 aliphatic carbocycles. The number of nitrogens with two attached hydrogens (primary N) is 1. The Hall–Kier alpha value is -4.35. The van der Waals surface area contributed by atoms with Gasteiger partial charge in [-0.2, -0.15) is 0 Å². The predicted octanol–water partition coefficient (Wildman–Crippen LogP) is 2.13. The summed E-state index contributed by atoms with van der Waals surface area (Å²) in [7, 11) is 0. The highest BCUT2D eigenvalue weighted by Gasteiger charge is 2.60. The van der Waals surface area contributed by atoms with Crippen LogP contribution in [0.2, 0.25) is 0 Å². The van der Waals surface area contributed by atoms with E-state index in [-0.39, 0.29) is 36.1 Å². The zero-order valence-electron chi connectivity index (χ0n) is 19.3. The van der Waals surface area contributed by atoms with Gasteiger partial charge in [0.25, 0.3) is 5.91 Å². The molecule has 0 bridgehead atoms. The molecular formula is C28H23NO7. The molecule has 36 heavy (non-hydrogen) atoms. The van der Waals surface area contributed by atoms with Crippen molar-refractivity contribution in [3.8, 4) is 17.6 Å². The van der Waals surface area contributed by atoms with Crippen LogP contribution >= 0.6 is 0 Å². The van der Waals surface area contributed by atoms with Gasteiger partial charge in [0.1, 0.15) is 22.8 Å². The number of amides is 1. The Balaban J connectivity index is 1.64. The molecule has 0 aliphatic heterocycles. The number of benzene rings is 2. The molecule has 1 amide bonds. The van der Waals surface area contributed by atoms with Crippen LogP contribution in [0.25, 0.3) is 5.76 Å². The van der Waals surface area contributed by atoms with Gasteiger partial charge in [0, 0.05) is 29.0 Å².